The normalized spacial score (nSPS) is 11.9. The van der Waals surface area contributed by atoms with Gasteiger partial charge in [0.05, 0.1) is 6.04 Å². The van der Waals surface area contributed by atoms with E-state index in [0.29, 0.717) is 19.4 Å². The Morgan fingerprint density at radius 2 is 2.08 bits per heavy atom. The molecule has 0 aromatic carbocycles. The van der Waals surface area contributed by atoms with Crippen LogP contribution in [0.1, 0.15) is 19.8 Å². The van der Waals surface area contributed by atoms with Crippen LogP contribution in [0.2, 0.25) is 0 Å². The van der Waals surface area contributed by atoms with Gasteiger partial charge in [-0.1, -0.05) is 6.92 Å². The quantitative estimate of drug-likeness (QED) is 0.515. The molecular weight excluding hydrogens is 170 g/mol. The molecule has 0 saturated heterocycles. The van der Waals surface area contributed by atoms with Crippen LogP contribution in [-0.4, -0.2) is 31.4 Å². The Balaban J connectivity index is 3.53. The summed E-state index contributed by atoms with van der Waals surface area (Å²) in [5, 5.41) is 5.03. The molecule has 0 aliphatic heterocycles. The van der Waals surface area contributed by atoms with Gasteiger partial charge < -0.3 is 16.4 Å². The van der Waals surface area contributed by atoms with Gasteiger partial charge in [-0.25, -0.2) is 0 Å². The highest BCUT2D eigenvalue weighted by atomic mass is 16.2. The first-order valence-corrected chi connectivity index (χ1v) is 4.35. The summed E-state index contributed by atoms with van der Waals surface area (Å²) in [5.74, 6) is -0.295. The average molecular weight is 187 g/mol. The summed E-state index contributed by atoms with van der Waals surface area (Å²) < 4.78 is 0. The number of amides is 2. The Labute approximate surface area is 78.1 Å². The second-order valence-corrected chi connectivity index (χ2v) is 2.73. The number of hydrogen-bond acceptors (Lipinski definition) is 3. The summed E-state index contributed by atoms with van der Waals surface area (Å²) in [4.78, 5) is 21.8. The maximum absolute atomic E-state index is 11.1. The van der Waals surface area contributed by atoms with E-state index >= 15 is 0 Å². The summed E-state index contributed by atoms with van der Waals surface area (Å²) in [6.07, 6.45) is 0.893. The molecule has 0 fully saturated rings. The second-order valence-electron chi connectivity index (χ2n) is 2.73. The standard InChI is InChI=1S/C8H17N3O2/c1-3-6(9)8(13)11-5-4-7(12)10-2/h6H,3-5,9H2,1-2H3,(H,10,12)(H,11,13)/t6-/m1/s1. The van der Waals surface area contributed by atoms with Gasteiger partial charge >= 0.3 is 0 Å². The summed E-state index contributed by atoms with van der Waals surface area (Å²) in [6, 6.07) is -0.468. The summed E-state index contributed by atoms with van der Waals surface area (Å²) in [6.45, 7) is 2.18. The number of hydrogen-bond donors (Lipinski definition) is 3. The molecule has 0 aliphatic carbocycles. The molecule has 0 aromatic rings. The van der Waals surface area contributed by atoms with Gasteiger partial charge in [-0.15, -0.1) is 0 Å². The number of carbonyl (C=O) groups is 2. The smallest absolute Gasteiger partial charge is 0.236 e. The lowest BCUT2D eigenvalue weighted by atomic mass is 10.2. The summed E-state index contributed by atoms with van der Waals surface area (Å²) >= 11 is 0. The van der Waals surface area contributed by atoms with Crippen LogP contribution in [0.4, 0.5) is 0 Å². The highest BCUT2D eigenvalue weighted by Gasteiger charge is 2.09. The predicted molar refractivity (Wildman–Crippen MR) is 50.0 cm³/mol. The zero-order valence-electron chi connectivity index (χ0n) is 8.09. The van der Waals surface area contributed by atoms with E-state index < -0.39 is 6.04 Å². The fourth-order valence-electron chi connectivity index (χ4n) is 0.741. The maximum atomic E-state index is 11.1. The van der Waals surface area contributed by atoms with Gasteiger partial charge in [0.25, 0.3) is 0 Å². The molecule has 0 saturated carbocycles. The third kappa shape index (κ3) is 5.19. The molecule has 2 amide bonds. The lowest BCUT2D eigenvalue weighted by Crippen LogP contribution is -2.41. The van der Waals surface area contributed by atoms with Gasteiger partial charge in [-0.3, -0.25) is 9.59 Å². The Kier molecular flexibility index (Phi) is 5.88. The molecule has 4 N–H and O–H groups in total. The van der Waals surface area contributed by atoms with Crippen molar-refractivity contribution in [2.45, 2.75) is 25.8 Å². The molecule has 76 valence electrons. The second kappa shape index (κ2) is 6.42. The molecule has 0 spiro atoms. The van der Waals surface area contributed by atoms with Gasteiger partial charge in [-0.05, 0) is 6.42 Å². The van der Waals surface area contributed by atoms with E-state index in [4.69, 9.17) is 5.73 Å². The first-order chi connectivity index (χ1) is 6.11. The van der Waals surface area contributed by atoms with Crippen LogP contribution in [-0.2, 0) is 9.59 Å². The molecule has 1 atom stereocenters. The van der Waals surface area contributed by atoms with Gasteiger partial charge in [0.1, 0.15) is 0 Å². The van der Waals surface area contributed by atoms with Crippen LogP contribution >= 0.6 is 0 Å². The minimum Gasteiger partial charge on any atom is -0.359 e. The fraction of sp³-hybridized carbons (Fsp3) is 0.750. The monoisotopic (exact) mass is 187 g/mol. The van der Waals surface area contributed by atoms with E-state index in [0.717, 1.165) is 0 Å². The average Bonchev–Trinajstić information content (AvgIpc) is 2.15. The molecular formula is C8H17N3O2. The Morgan fingerprint density at radius 1 is 1.46 bits per heavy atom. The first-order valence-electron chi connectivity index (χ1n) is 4.35. The van der Waals surface area contributed by atoms with E-state index in [1.54, 1.807) is 7.05 Å². The van der Waals surface area contributed by atoms with Crippen LogP contribution in [0.25, 0.3) is 0 Å². The van der Waals surface area contributed by atoms with Crippen molar-refractivity contribution in [1.82, 2.24) is 10.6 Å². The largest absolute Gasteiger partial charge is 0.359 e. The molecule has 0 rings (SSSR count). The SMILES string of the molecule is CC[C@@H](N)C(=O)NCCC(=O)NC. The topological polar surface area (TPSA) is 84.2 Å². The summed E-state index contributed by atoms with van der Waals surface area (Å²) in [5.41, 5.74) is 5.45. The molecule has 0 bridgehead atoms. The lowest BCUT2D eigenvalue weighted by molar-refractivity contribution is -0.123. The minimum absolute atomic E-state index is 0.0923. The highest BCUT2D eigenvalue weighted by Crippen LogP contribution is 1.85. The zero-order valence-corrected chi connectivity index (χ0v) is 8.09. The van der Waals surface area contributed by atoms with Crippen molar-refractivity contribution in [3.05, 3.63) is 0 Å². The van der Waals surface area contributed by atoms with Crippen molar-refractivity contribution < 1.29 is 9.59 Å². The van der Waals surface area contributed by atoms with E-state index in [-0.39, 0.29) is 11.8 Å². The van der Waals surface area contributed by atoms with E-state index in [2.05, 4.69) is 10.6 Å². The third-order valence-electron chi connectivity index (χ3n) is 1.71. The van der Waals surface area contributed by atoms with E-state index in [1.165, 1.54) is 0 Å². The molecule has 0 aromatic heterocycles. The molecule has 5 nitrogen and oxygen atoms in total. The van der Waals surface area contributed by atoms with Crippen molar-refractivity contribution in [2.75, 3.05) is 13.6 Å². The Hall–Kier alpha value is -1.10. The van der Waals surface area contributed by atoms with Gasteiger partial charge in [0, 0.05) is 20.0 Å². The molecule has 0 radical (unpaired) electrons. The number of carbonyl (C=O) groups excluding carboxylic acids is 2. The first kappa shape index (κ1) is 11.9. The maximum Gasteiger partial charge on any atom is 0.236 e. The predicted octanol–water partition coefficient (Wildman–Crippen LogP) is -1.02. The zero-order chi connectivity index (χ0) is 10.3. The van der Waals surface area contributed by atoms with Crippen LogP contribution in [0, 0.1) is 0 Å². The van der Waals surface area contributed by atoms with Gasteiger partial charge in [0.15, 0.2) is 0 Å². The van der Waals surface area contributed by atoms with Crippen LogP contribution in [0.3, 0.4) is 0 Å². The van der Waals surface area contributed by atoms with Crippen LogP contribution in [0.15, 0.2) is 0 Å². The minimum atomic E-state index is -0.468. The molecule has 5 heteroatoms. The van der Waals surface area contributed by atoms with Gasteiger partial charge in [0.2, 0.25) is 11.8 Å². The highest BCUT2D eigenvalue weighted by molar-refractivity contribution is 5.82. The molecule has 0 heterocycles. The number of nitrogens with two attached hydrogens (primary N) is 1. The fourth-order valence-corrected chi connectivity index (χ4v) is 0.741. The van der Waals surface area contributed by atoms with Crippen molar-refractivity contribution >= 4 is 11.8 Å². The molecule has 0 aliphatic rings. The summed E-state index contributed by atoms with van der Waals surface area (Å²) in [7, 11) is 1.56. The van der Waals surface area contributed by atoms with Crippen molar-refractivity contribution in [3.8, 4) is 0 Å². The van der Waals surface area contributed by atoms with Crippen molar-refractivity contribution in [3.63, 3.8) is 0 Å². The van der Waals surface area contributed by atoms with Crippen LogP contribution in [0.5, 0.6) is 0 Å². The van der Waals surface area contributed by atoms with Gasteiger partial charge in [-0.2, -0.15) is 0 Å². The number of nitrogens with one attached hydrogen (secondary N) is 2. The van der Waals surface area contributed by atoms with Crippen LogP contribution < -0.4 is 16.4 Å². The molecule has 13 heavy (non-hydrogen) atoms. The Morgan fingerprint density at radius 3 is 2.54 bits per heavy atom. The van der Waals surface area contributed by atoms with E-state index in [9.17, 15) is 9.59 Å². The number of rotatable bonds is 5. The van der Waals surface area contributed by atoms with Crippen molar-refractivity contribution in [2.24, 2.45) is 5.73 Å². The third-order valence-corrected chi connectivity index (χ3v) is 1.71. The van der Waals surface area contributed by atoms with E-state index in [1.807, 2.05) is 6.92 Å². The Bertz CT molecular complexity index is 182. The lowest BCUT2D eigenvalue weighted by Gasteiger charge is -2.08. The molecule has 0 unspecified atom stereocenters. The van der Waals surface area contributed by atoms with Crippen molar-refractivity contribution in [1.29, 1.82) is 0 Å².